The fourth-order valence-electron chi connectivity index (χ4n) is 5.57. The summed E-state index contributed by atoms with van der Waals surface area (Å²) in [5.74, 6) is -0.842. The molecule has 5 rings (SSSR count). The Morgan fingerprint density at radius 1 is 1.19 bits per heavy atom. The lowest BCUT2D eigenvalue weighted by Gasteiger charge is -2.34. The fourth-order valence-corrected chi connectivity index (χ4v) is 5.57. The summed E-state index contributed by atoms with van der Waals surface area (Å²) in [6.07, 6.45) is 4.67. The Morgan fingerprint density at radius 3 is 2.56 bits per heavy atom. The molecule has 1 aromatic rings. The maximum atomic E-state index is 13.5. The van der Waals surface area contributed by atoms with Crippen LogP contribution in [0.4, 0.5) is 5.69 Å². The topological polar surface area (TPSA) is 85.4 Å². The molecule has 2 amide bonds. The lowest BCUT2D eigenvalue weighted by molar-refractivity contribution is -0.152. The summed E-state index contributed by atoms with van der Waals surface area (Å²) in [6, 6.07) is 7.33. The van der Waals surface area contributed by atoms with E-state index in [1.807, 2.05) is 36.4 Å². The van der Waals surface area contributed by atoms with Crippen LogP contribution in [0, 0.1) is 17.8 Å². The third kappa shape index (κ3) is 3.20. The summed E-state index contributed by atoms with van der Waals surface area (Å²) in [5.41, 5.74) is 0.00658. The van der Waals surface area contributed by atoms with E-state index in [0.717, 1.165) is 11.4 Å². The molecule has 0 aliphatic carbocycles. The fraction of sp³-hybridized carbons (Fsp3) is 0.542. The van der Waals surface area contributed by atoms with E-state index in [0.29, 0.717) is 39.1 Å². The number of piperidine rings is 1. The molecule has 3 fully saturated rings. The Morgan fingerprint density at radius 2 is 1.91 bits per heavy atom. The van der Waals surface area contributed by atoms with Gasteiger partial charge in [0.25, 0.3) is 0 Å². The van der Waals surface area contributed by atoms with Gasteiger partial charge in [0.05, 0.1) is 44.1 Å². The normalized spacial score (nSPS) is 31.2. The van der Waals surface area contributed by atoms with Crippen LogP contribution in [0.1, 0.15) is 19.8 Å². The summed E-state index contributed by atoms with van der Waals surface area (Å²) in [4.78, 5) is 42.5. The molecule has 0 saturated carbocycles. The molecule has 1 spiro atoms. The second kappa shape index (κ2) is 7.92. The number of hydrogen-bond acceptors (Lipinski definition) is 6. The zero-order valence-electron chi connectivity index (χ0n) is 18.4. The van der Waals surface area contributed by atoms with Gasteiger partial charge in [-0.15, -0.1) is 0 Å². The second-order valence-corrected chi connectivity index (χ2v) is 8.87. The number of benzene rings is 1. The number of fused-ring (bicyclic) bond motifs is 1. The number of carbonyl (C=O) groups is 3. The molecule has 0 radical (unpaired) electrons. The highest BCUT2D eigenvalue weighted by Crippen LogP contribution is 2.53. The Labute approximate surface area is 187 Å². The van der Waals surface area contributed by atoms with Gasteiger partial charge >= 0.3 is 5.97 Å². The van der Waals surface area contributed by atoms with Gasteiger partial charge in [-0.2, -0.15) is 0 Å². The first-order valence-corrected chi connectivity index (χ1v) is 11.3. The van der Waals surface area contributed by atoms with Crippen molar-refractivity contribution in [2.75, 3.05) is 38.3 Å². The minimum absolute atomic E-state index is 0.0570. The minimum atomic E-state index is -0.759. The first-order chi connectivity index (χ1) is 15.5. The molecule has 4 aliphatic rings. The van der Waals surface area contributed by atoms with Crippen LogP contribution in [-0.2, 0) is 23.9 Å². The highest BCUT2D eigenvalue weighted by molar-refractivity contribution is 6.03. The van der Waals surface area contributed by atoms with E-state index in [1.54, 1.807) is 23.8 Å². The van der Waals surface area contributed by atoms with Crippen LogP contribution in [0.15, 0.2) is 36.4 Å². The lowest BCUT2D eigenvalue weighted by Crippen LogP contribution is -2.49. The van der Waals surface area contributed by atoms with Gasteiger partial charge in [0.2, 0.25) is 11.8 Å². The van der Waals surface area contributed by atoms with Gasteiger partial charge in [-0.05, 0) is 44.0 Å². The van der Waals surface area contributed by atoms with Crippen LogP contribution in [0.3, 0.4) is 0 Å². The molecule has 4 aliphatic heterocycles. The highest BCUT2D eigenvalue weighted by Gasteiger charge is 2.67. The Bertz CT molecular complexity index is 952. The van der Waals surface area contributed by atoms with Crippen LogP contribution in [0.5, 0.6) is 5.75 Å². The van der Waals surface area contributed by atoms with Crippen molar-refractivity contribution < 1.29 is 28.6 Å². The molecule has 4 atom stereocenters. The molecule has 32 heavy (non-hydrogen) atoms. The molecule has 8 nitrogen and oxygen atoms in total. The molecule has 1 aromatic carbocycles. The van der Waals surface area contributed by atoms with Gasteiger partial charge in [0.1, 0.15) is 11.4 Å². The SMILES string of the molecule is CCOC(=O)C1CCN(C(=O)C2C3C(=O)N(c4ccc(OC)cc4)C[C@]34C=C[C@H]2O4)CC1. The standard InChI is InChI=1S/C24H28N2O6/c1-3-31-23(29)15-9-12-25(13-10-15)21(27)19-18-8-11-24(32-18)14-26(22(28)20(19)24)16-4-6-17(30-2)7-5-16/h4-8,11,15,18-20H,3,9-10,12-14H2,1-2H3/t18-,19?,20?,24-/m1/s1. The predicted molar refractivity (Wildman–Crippen MR) is 115 cm³/mol. The summed E-state index contributed by atoms with van der Waals surface area (Å²) in [5, 5.41) is 0. The average Bonchev–Trinajstić information content (AvgIpc) is 3.47. The van der Waals surface area contributed by atoms with Gasteiger partial charge in [-0.3, -0.25) is 14.4 Å². The first kappa shape index (κ1) is 21.0. The number of likely N-dealkylation sites (tertiary alicyclic amines) is 1. The molecular formula is C24H28N2O6. The maximum Gasteiger partial charge on any atom is 0.309 e. The van der Waals surface area contributed by atoms with Crippen molar-refractivity contribution in [1.82, 2.24) is 4.90 Å². The van der Waals surface area contributed by atoms with Crippen molar-refractivity contribution in [3.05, 3.63) is 36.4 Å². The molecule has 2 unspecified atom stereocenters. The van der Waals surface area contributed by atoms with Crippen LogP contribution in [0.2, 0.25) is 0 Å². The number of ether oxygens (including phenoxy) is 3. The van der Waals surface area contributed by atoms with Gasteiger partial charge in [-0.25, -0.2) is 0 Å². The second-order valence-electron chi connectivity index (χ2n) is 8.87. The van der Waals surface area contributed by atoms with Gasteiger partial charge in [0.15, 0.2) is 0 Å². The van der Waals surface area contributed by atoms with Crippen molar-refractivity contribution in [2.24, 2.45) is 17.8 Å². The van der Waals surface area contributed by atoms with Gasteiger partial charge in [-0.1, -0.05) is 12.2 Å². The third-order valence-electron chi connectivity index (χ3n) is 7.20. The van der Waals surface area contributed by atoms with Crippen molar-refractivity contribution in [1.29, 1.82) is 0 Å². The van der Waals surface area contributed by atoms with Crippen LogP contribution in [-0.4, -0.2) is 67.7 Å². The van der Waals surface area contributed by atoms with E-state index >= 15 is 0 Å². The van der Waals surface area contributed by atoms with Crippen molar-refractivity contribution in [3.63, 3.8) is 0 Å². The first-order valence-electron chi connectivity index (χ1n) is 11.3. The average molecular weight is 440 g/mol. The largest absolute Gasteiger partial charge is 0.497 e. The van der Waals surface area contributed by atoms with Crippen molar-refractivity contribution in [3.8, 4) is 5.75 Å². The summed E-state index contributed by atoms with van der Waals surface area (Å²) in [6.45, 7) is 3.53. The lowest BCUT2D eigenvalue weighted by atomic mass is 9.76. The maximum absolute atomic E-state index is 13.5. The molecule has 4 heterocycles. The summed E-state index contributed by atoms with van der Waals surface area (Å²) >= 11 is 0. The van der Waals surface area contributed by atoms with E-state index in [9.17, 15) is 14.4 Å². The molecule has 0 N–H and O–H groups in total. The van der Waals surface area contributed by atoms with E-state index in [4.69, 9.17) is 14.2 Å². The highest BCUT2D eigenvalue weighted by atomic mass is 16.5. The molecule has 170 valence electrons. The smallest absolute Gasteiger partial charge is 0.309 e. The van der Waals surface area contributed by atoms with Gasteiger partial charge < -0.3 is 24.0 Å². The zero-order valence-corrected chi connectivity index (χ0v) is 18.4. The number of methoxy groups -OCH3 is 1. The number of anilines is 1. The van der Waals surface area contributed by atoms with Crippen LogP contribution >= 0.6 is 0 Å². The number of carbonyl (C=O) groups excluding carboxylic acids is 3. The molecule has 0 aromatic heterocycles. The zero-order chi connectivity index (χ0) is 22.5. The Kier molecular flexibility index (Phi) is 5.20. The van der Waals surface area contributed by atoms with E-state index in [2.05, 4.69) is 0 Å². The van der Waals surface area contributed by atoms with Crippen LogP contribution in [0.25, 0.3) is 0 Å². The van der Waals surface area contributed by atoms with Crippen LogP contribution < -0.4 is 9.64 Å². The molecule has 2 bridgehead atoms. The number of hydrogen-bond donors (Lipinski definition) is 0. The summed E-state index contributed by atoms with van der Waals surface area (Å²) in [7, 11) is 1.60. The van der Waals surface area contributed by atoms with E-state index in [1.165, 1.54) is 0 Å². The van der Waals surface area contributed by atoms with Crippen molar-refractivity contribution in [2.45, 2.75) is 31.5 Å². The number of amides is 2. The summed E-state index contributed by atoms with van der Waals surface area (Å²) < 4.78 is 16.6. The van der Waals surface area contributed by atoms with E-state index < -0.39 is 17.4 Å². The number of rotatable bonds is 5. The minimum Gasteiger partial charge on any atom is -0.497 e. The number of nitrogens with zero attached hydrogens (tertiary/aromatic N) is 2. The molecule has 8 heteroatoms. The van der Waals surface area contributed by atoms with E-state index in [-0.39, 0.29) is 29.8 Å². The molecular weight excluding hydrogens is 412 g/mol. The molecule has 3 saturated heterocycles. The monoisotopic (exact) mass is 440 g/mol. The van der Waals surface area contributed by atoms with Gasteiger partial charge in [0, 0.05) is 18.8 Å². The van der Waals surface area contributed by atoms with Crippen molar-refractivity contribution >= 4 is 23.5 Å². The predicted octanol–water partition coefficient (Wildman–Crippen LogP) is 1.78. The third-order valence-corrected chi connectivity index (χ3v) is 7.20. The number of esters is 1. The Hall–Kier alpha value is -2.87. The Balaban J connectivity index is 1.32. The quantitative estimate of drug-likeness (QED) is 0.513.